The van der Waals surface area contributed by atoms with Crippen LogP contribution in [0.5, 0.6) is 0 Å². The molecule has 4 nitrogen and oxygen atoms in total. The Kier molecular flexibility index (Phi) is 3.56. The van der Waals surface area contributed by atoms with Crippen molar-refractivity contribution in [1.82, 2.24) is 4.72 Å². The van der Waals surface area contributed by atoms with Crippen LogP contribution in [0, 0.1) is 0 Å². The summed E-state index contributed by atoms with van der Waals surface area (Å²) in [4.78, 5) is 0. The Hall–Kier alpha value is -0.130. The van der Waals surface area contributed by atoms with Gasteiger partial charge in [0.05, 0.1) is 11.9 Å². The molecule has 1 heterocycles. The van der Waals surface area contributed by atoms with Crippen LogP contribution < -0.4 is 4.72 Å². The van der Waals surface area contributed by atoms with Gasteiger partial charge < -0.3 is 4.74 Å². The van der Waals surface area contributed by atoms with Gasteiger partial charge in [-0.2, -0.15) is 0 Å². The Morgan fingerprint density at radius 3 is 2.56 bits per heavy atom. The predicted octanol–water partition coefficient (Wildman–Crippen LogP) is 1.42. The van der Waals surface area contributed by atoms with Gasteiger partial charge in [-0.15, -0.1) is 0 Å². The highest BCUT2D eigenvalue weighted by Crippen LogP contribution is 2.38. The molecule has 1 saturated heterocycles. The molecular weight excluding hydrogens is 226 g/mol. The van der Waals surface area contributed by atoms with Crippen molar-refractivity contribution in [3.63, 3.8) is 0 Å². The van der Waals surface area contributed by atoms with Crippen LogP contribution in [0.1, 0.15) is 44.9 Å². The van der Waals surface area contributed by atoms with Crippen LogP contribution in [0.15, 0.2) is 0 Å². The van der Waals surface area contributed by atoms with Crippen molar-refractivity contribution < 1.29 is 13.2 Å². The molecule has 2 rings (SSSR count). The minimum atomic E-state index is -3.08. The number of sulfonamides is 1. The van der Waals surface area contributed by atoms with Crippen LogP contribution in [-0.2, 0) is 14.8 Å². The number of rotatable bonds is 2. The van der Waals surface area contributed by atoms with E-state index in [-0.39, 0.29) is 11.6 Å². The Labute approximate surface area is 97.8 Å². The lowest BCUT2D eigenvalue weighted by Crippen LogP contribution is -2.49. The number of hydrogen-bond acceptors (Lipinski definition) is 3. The van der Waals surface area contributed by atoms with Gasteiger partial charge in [0.1, 0.15) is 0 Å². The highest BCUT2D eigenvalue weighted by atomic mass is 32.2. The maximum atomic E-state index is 11.2. The molecule has 1 N–H and O–H groups in total. The van der Waals surface area contributed by atoms with Gasteiger partial charge in [0.25, 0.3) is 0 Å². The first-order valence-electron chi connectivity index (χ1n) is 6.10. The summed E-state index contributed by atoms with van der Waals surface area (Å²) in [5, 5.41) is 0. The lowest BCUT2D eigenvalue weighted by atomic mass is 9.78. The van der Waals surface area contributed by atoms with E-state index in [0.717, 1.165) is 25.7 Å². The zero-order valence-corrected chi connectivity index (χ0v) is 10.7. The first kappa shape index (κ1) is 12.3. The molecule has 0 aromatic rings. The summed E-state index contributed by atoms with van der Waals surface area (Å²) in [5.74, 6) is 0. The van der Waals surface area contributed by atoms with Crippen molar-refractivity contribution in [3.8, 4) is 0 Å². The molecule has 0 aromatic carbocycles. The Balaban J connectivity index is 1.98. The summed E-state index contributed by atoms with van der Waals surface area (Å²) in [5.41, 5.74) is -0.0289. The molecule has 16 heavy (non-hydrogen) atoms. The second kappa shape index (κ2) is 4.63. The topological polar surface area (TPSA) is 55.4 Å². The summed E-state index contributed by atoms with van der Waals surface area (Å²) in [6, 6.07) is 0.0712. The van der Waals surface area contributed by atoms with Crippen LogP contribution in [0.2, 0.25) is 0 Å². The molecule has 0 radical (unpaired) electrons. The predicted molar refractivity (Wildman–Crippen MR) is 62.8 cm³/mol. The van der Waals surface area contributed by atoms with E-state index in [1.165, 1.54) is 25.5 Å². The number of hydrogen-bond donors (Lipinski definition) is 1. The quantitative estimate of drug-likeness (QED) is 0.803. The average Bonchev–Trinajstić information content (AvgIpc) is 2.16. The molecule has 1 saturated carbocycles. The molecule has 1 aliphatic carbocycles. The molecule has 2 fully saturated rings. The smallest absolute Gasteiger partial charge is 0.208 e. The maximum Gasteiger partial charge on any atom is 0.208 e. The van der Waals surface area contributed by atoms with Gasteiger partial charge in [0.15, 0.2) is 0 Å². The number of ether oxygens (including phenoxy) is 1. The van der Waals surface area contributed by atoms with Gasteiger partial charge in [-0.1, -0.05) is 19.3 Å². The molecule has 94 valence electrons. The fourth-order valence-electron chi connectivity index (χ4n) is 2.98. The standard InChI is InChI=1S/C11H21NO3S/c1-16(13,14)12-10-5-8-15-11(9-10)6-3-2-4-7-11/h10,12H,2-9H2,1H3/t10-/m1/s1. The molecule has 1 atom stereocenters. The van der Waals surface area contributed by atoms with Crippen molar-refractivity contribution >= 4 is 10.0 Å². The largest absolute Gasteiger partial charge is 0.375 e. The average molecular weight is 247 g/mol. The van der Waals surface area contributed by atoms with Crippen LogP contribution in [0.4, 0.5) is 0 Å². The van der Waals surface area contributed by atoms with Gasteiger partial charge in [0, 0.05) is 12.6 Å². The van der Waals surface area contributed by atoms with Gasteiger partial charge in [0.2, 0.25) is 10.0 Å². The van der Waals surface area contributed by atoms with Crippen molar-refractivity contribution in [1.29, 1.82) is 0 Å². The molecule has 1 spiro atoms. The van der Waals surface area contributed by atoms with E-state index in [1.807, 2.05) is 0 Å². The van der Waals surface area contributed by atoms with E-state index >= 15 is 0 Å². The van der Waals surface area contributed by atoms with Crippen molar-refractivity contribution in [2.24, 2.45) is 0 Å². The fraction of sp³-hybridized carbons (Fsp3) is 1.00. The van der Waals surface area contributed by atoms with E-state index in [2.05, 4.69) is 4.72 Å². The zero-order valence-electron chi connectivity index (χ0n) is 9.87. The highest BCUT2D eigenvalue weighted by molar-refractivity contribution is 7.88. The lowest BCUT2D eigenvalue weighted by Gasteiger charge is -2.43. The van der Waals surface area contributed by atoms with Gasteiger partial charge >= 0.3 is 0 Å². The second-order valence-corrected chi connectivity index (χ2v) is 6.95. The third-order valence-electron chi connectivity index (χ3n) is 3.64. The Morgan fingerprint density at radius 1 is 1.25 bits per heavy atom. The van der Waals surface area contributed by atoms with Crippen LogP contribution in [0.25, 0.3) is 0 Å². The van der Waals surface area contributed by atoms with E-state index in [1.54, 1.807) is 0 Å². The SMILES string of the molecule is CS(=O)(=O)N[C@@H]1CCOC2(CCCCC2)C1. The summed E-state index contributed by atoms with van der Waals surface area (Å²) < 4.78 is 31.1. The molecule has 0 bridgehead atoms. The molecular formula is C11H21NO3S. The first-order valence-corrected chi connectivity index (χ1v) is 8.00. The minimum absolute atomic E-state index is 0.0289. The molecule has 5 heteroatoms. The van der Waals surface area contributed by atoms with Crippen molar-refractivity contribution in [3.05, 3.63) is 0 Å². The maximum absolute atomic E-state index is 11.2. The molecule has 0 amide bonds. The van der Waals surface area contributed by atoms with Gasteiger partial charge in [-0.3, -0.25) is 0 Å². The first-order chi connectivity index (χ1) is 7.49. The monoisotopic (exact) mass is 247 g/mol. The zero-order chi connectivity index (χ0) is 11.6. The van der Waals surface area contributed by atoms with E-state index in [0.29, 0.717) is 6.61 Å². The van der Waals surface area contributed by atoms with Crippen LogP contribution in [-0.4, -0.2) is 32.9 Å². The summed E-state index contributed by atoms with van der Waals surface area (Å²) in [6.07, 6.45) is 8.78. The Morgan fingerprint density at radius 2 is 1.94 bits per heavy atom. The Bertz CT molecular complexity index is 328. The molecule has 1 aliphatic heterocycles. The van der Waals surface area contributed by atoms with Gasteiger partial charge in [-0.05, 0) is 25.7 Å². The van der Waals surface area contributed by atoms with E-state index in [9.17, 15) is 8.42 Å². The van der Waals surface area contributed by atoms with Crippen LogP contribution >= 0.6 is 0 Å². The minimum Gasteiger partial charge on any atom is -0.375 e. The third kappa shape index (κ3) is 3.18. The van der Waals surface area contributed by atoms with Crippen molar-refractivity contribution in [2.45, 2.75) is 56.6 Å². The summed E-state index contributed by atoms with van der Waals surface area (Å²) in [6.45, 7) is 0.688. The van der Waals surface area contributed by atoms with E-state index in [4.69, 9.17) is 4.74 Å². The second-order valence-electron chi connectivity index (χ2n) is 5.17. The molecule has 0 aromatic heterocycles. The summed E-state index contributed by atoms with van der Waals surface area (Å²) >= 11 is 0. The number of nitrogens with one attached hydrogen (secondary N) is 1. The normalized spacial score (nSPS) is 30.4. The third-order valence-corrected chi connectivity index (χ3v) is 4.40. The summed E-state index contributed by atoms with van der Waals surface area (Å²) in [7, 11) is -3.08. The van der Waals surface area contributed by atoms with E-state index < -0.39 is 10.0 Å². The van der Waals surface area contributed by atoms with Crippen LogP contribution in [0.3, 0.4) is 0 Å². The van der Waals surface area contributed by atoms with Gasteiger partial charge in [-0.25, -0.2) is 13.1 Å². The van der Waals surface area contributed by atoms with Crippen molar-refractivity contribution in [2.75, 3.05) is 12.9 Å². The lowest BCUT2D eigenvalue weighted by molar-refractivity contribution is -0.106. The molecule has 2 aliphatic rings. The fourth-order valence-corrected chi connectivity index (χ4v) is 3.78. The highest BCUT2D eigenvalue weighted by Gasteiger charge is 2.39. The molecule has 0 unspecified atom stereocenters.